The van der Waals surface area contributed by atoms with E-state index in [1.807, 2.05) is 29.5 Å². The molecule has 2 heterocycles. The first kappa shape index (κ1) is 11.3. The molecule has 5 heteroatoms. The number of hydrogen-bond donors (Lipinski definition) is 1. The lowest BCUT2D eigenvalue weighted by molar-refractivity contribution is 1.02. The Balaban J connectivity index is 2.98. The van der Waals surface area contributed by atoms with Gasteiger partial charge in [-0.2, -0.15) is 4.98 Å². The molecule has 0 radical (unpaired) electrons. The van der Waals surface area contributed by atoms with E-state index in [2.05, 4.69) is 15.3 Å². The number of rotatable bonds is 2. The van der Waals surface area contributed by atoms with Crippen LogP contribution in [-0.2, 0) is 0 Å². The third-order valence-corrected chi connectivity index (χ3v) is 2.58. The predicted molar refractivity (Wildman–Crippen MR) is 69.3 cm³/mol. The summed E-state index contributed by atoms with van der Waals surface area (Å²) in [6, 6.07) is 5.65. The van der Waals surface area contributed by atoms with E-state index in [9.17, 15) is 4.79 Å². The summed E-state index contributed by atoms with van der Waals surface area (Å²) >= 11 is 0. The average molecular weight is 230 g/mol. The summed E-state index contributed by atoms with van der Waals surface area (Å²) in [6.07, 6.45) is 1.53. The van der Waals surface area contributed by atoms with Crippen molar-refractivity contribution in [3.8, 4) is 0 Å². The molecule has 0 aliphatic rings. The number of fused-ring (bicyclic) bond motifs is 1. The van der Waals surface area contributed by atoms with Gasteiger partial charge in [0.15, 0.2) is 0 Å². The van der Waals surface area contributed by atoms with Crippen molar-refractivity contribution in [1.82, 2.24) is 9.38 Å². The zero-order valence-corrected chi connectivity index (χ0v) is 10.1. The van der Waals surface area contributed by atoms with Gasteiger partial charge < -0.3 is 5.32 Å². The quantitative estimate of drug-likeness (QED) is 0.786. The highest BCUT2D eigenvalue weighted by atomic mass is 16.1. The maximum atomic E-state index is 11.9. The summed E-state index contributed by atoms with van der Waals surface area (Å²) in [6.45, 7) is 1.97. The number of aromatic nitrogens is 2. The van der Waals surface area contributed by atoms with Gasteiger partial charge in [-0.3, -0.25) is 14.2 Å². The van der Waals surface area contributed by atoms with Crippen LogP contribution >= 0.6 is 0 Å². The summed E-state index contributed by atoms with van der Waals surface area (Å²) in [4.78, 5) is 19.8. The van der Waals surface area contributed by atoms with Crippen molar-refractivity contribution >= 4 is 17.7 Å². The second kappa shape index (κ2) is 4.37. The summed E-state index contributed by atoms with van der Waals surface area (Å²) in [5.41, 5.74) is 1.84. The van der Waals surface area contributed by atoms with Crippen LogP contribution in [0.15, 0.2) is 28.0 Å². The Morgan fingerprint density at radius 1 is 1.47 bits per heavy atom. The van der Waals surface area contributed by atoms with Gasteiger partial charge in [0, 0.05) is 26.0 Å². The minimum atomic E-state index is -0.273. The van der Waals surface area contributed by atoms with Crippen LogP contribution < -0.4 is 10.9 Å². The molecule has 0 aliphatic heterocycles. The first-order valence-corrected chi connectivity index (χ1v) is 5.31. The Morgan fingerprint density at radius 2 is 2.24 bits per heavy atom. The molecular formula is C12H14N4O. The molecule has 0 spiro atoms. The summed E-state index contributed by atoms with van der Waals surface area (Å²) in [5.74, 6) is 0.712. The Bertz CT molecular complexity index is 643. The van der Waals surface area contributed by atoms with E-state index in [-0.39, 0.29) is 5.56 Å². The number of aryl methyl sites for hydroxylation is 1. The molecule has 0 saturated carbocycles. The summed E-state index contributed by atoms with van der Waals surface area (Å²) in [5, 5.41) is 3.04. The van der Waals surface area contributed by atoms with Gasteiger partial charge in [0.1, 0.15) is 17.0 Å². The zero-order chi connectivity index (χ0) is 12.4. The average Bonchev–Trinajstić information content (AvgIpc) is 2.31. The highest BCUT2D eigenvalue weighted by Crippen LogP contribution is 2.14. The first-order valence-electron chi connectivity index (χ1n) is 5.31. The van der Waals surface area contributed by atoms with Gasteiger partial charge in [0.2, 0.25) is 0 Å². The summed E-state index contributed by atoms with van der Waals surface area (Å²) in [7, 11) is 3.41. The third-order valence-electron chi connectivity index (χ3n) is 2.58. The molecule has 0 aliphatic carbocycles. The molecule has 5 nitrogen and oxygen atoms in total. The first-order chi connectivity index (χ1) is 8.19. The fraction of sp³-hybridized carbons (Fsp3) is 0.250. The largest absolute Gasteiger partial charge is 0.374 e. The van der Waals surface area contributed by atoms with Gasteiger partial charge in [0.05, 0.1) is 0 Å². The number of aliphatic imine (C=N–C) groups is 1. The minimum absolute atomic E-state index is 0.273. The van der Waals surface area contributed by atoms with Crippen molar-refractivity contribution in [2.75, 3.05) is 19.4 Å². The summed E-state index contributed by atoms with van der Waals surface area (Å²) < 4.78 is 1.90. The van der Waals surface area contributed by atoms with Crippen LogP contribution in [-0.4, -0.2) is 29.7 Å². The Morgan fingerprint density at radius 3 is 2.88 bits per heavy atom. The van der Waals surface area contributed by atoms with Crippen LogP contribution in [0.5, 0.6) is 0 Å². The van der Waals surface area contributed by atoms with E-state index in [1.54, 1.807) is 14.1 Å². The Labute approximate surface area is 98.8 Å². The van der Waals surface area contributed by atoms with Crippen molar-refractivity contribution in [3.05, 3.63) is 39.8 Å². The van der Waals surface area contributed by atoms with E-state index in [0.717, 1.165) is 5.69 Å². The molecule has 2 aromatic heterocycles. The van der Waals surface area contributed by atoms with Crippen molar-refractivity contribution in [2.45, 2.75) is 6.92 Å². The zero-order valence-electron chi connectivity index (χ0n) is 10.1. The van der Waals surface area contributed by atoms with Crippen LogP contribution in [0.1, 0.15) is 11.3 Å². The second-order valence-corrected chi connectivity index (χ2v) is 3.68. The predicted octanol–water partition coefficient (Wildman–Crippen LogP) is 1.09. The molecule has 0 bridgehead atoms. The number of pyridine rings is 1. The van der Waals surface area contributed by atoms with Gasteiger partial charge in [0.25, 0.3) is 5.56 Å². The fourth-order valence-electron chi connectivity index (χ4n) is 1.86. The van der Waals surface area contributed by atoms with Gasteiger partial charge >= 0.3 is 0 Å². The molecule has 0 atom stereocenters. The van der Waals surface area contributed by atoms with E-state index < -0.39 is 0 Å². The lowest BCUT2D eigenvalue weighted by Gasteiger charge is -2.12. The van der Waals surface area contributed by atoms with Crippen LogP contribution in [0.4, 0.5) is 5.82 Å². The molecule has 1 N–H and O–H groups in total. The van der Waals surface area contributed by atoms with Crippen molar-refractivity contribution < 1.29 is 0 Å². The minimum Gasteiger partial charge on any atom is -0.374 e. The molecule has 0 unspecified atom stereocenters. The van der Waals surface area contributed by atoms with Gasteiger partial charge in [-0.05, 0) is 19.1 Å². The molecule has 17 heavy (non-hydrogen) atoms. The Kier molecular flexibility index (Phi) is 2.91. The highest BCUT2D eigenvalue weighted by molar-refractivity contribution is 5.86. The monoisotopic (exact) mass is 230 g/mol. The van der Waals surface area contributed by atoms with Crippen LogP contribution in [0, 0.1) is 6.92 Å². The van der Waals surface area contributed by atoms with Gasteiger partial charge in [-0.1, -0.05) is 6.07 Å². The van der Waals surface area contributed by atoms with Crippen molar-refractivity contribution in [3.63, 3.8) is 0 Å². The van der Waals surface area contributed by atoms with Gasteiger partial charge in [-0.15, -0.1) is 0 Å². The molecule has 2 aromatic rings. The van der Waals surface area contributed by atoms with E-state index >= 15 is 0 Å². The lowest BCUT2D eigenvalue weighted by atomic mass is 10.2. The van der Waals surface area contributed by atoms with Crippen LogP contribution in [0.25, 0.3) is 5.65 Å². The third kappa shape index (κ3) is 1.80. The Hall–Kier alpha value is -2.17. The maximum absolute atomic E-state index is 11.9. The highest BCUT2D eigenvalue weighted by Gasteiger charge is 2.10. The van der Waals surface area contributed by atoms with Crippen LogP contribution in [0.3, 0.4) is 0 Å². The fourth-order valence-corrected chi connectivity index (χ4v) is 1.86. The van der Waals surface area contributed by atoms with E-state index in [4.69, 9.17) is 0 Å². The molecule has 88 valence electrons. The second-order valence-electron chi connectivity index (χ2n) is 3.68. The van der Waals surface area contributed by atoms with Crippen LogP contribution in [0.2, 0.25) is 0 Å². The molecule has 0 fully saturated rings. The molecule has 0 aromatic carbocycles. The van der Waals surface area contributed by atoms with Crippen molar-refractivity contribution in [2.24, 2.45) is 4.99 Å². The lowest BCUT2D eigenvalue weighted by Crippen LogP contribution is -2.20. The normalized spacial score (nSPS) is 11.2. The topological polar surface area (TPSA) is 58.8 Å². The number of nitrogens with one attached hydrogen (secondary N) is 1. The molecular weight excluding hydrogens is 216 g/mol. The SMILES string of the molecule is CN=Cc1c(NC)n2c(C)cccc2nc1=O. The van der Waals surface area contributed by atoms with Crippen molar-refractivity contribution in [1.29, 1.82) is 0 Å². The van der Waals surface area contributed by atoms with E-state index in [0.29, 0.717) is 17.0 Å². The molecule has 2 rings (SSSR count). The number of hydrogen-bond acceptors (Lipinski definition) is 4. The maximum Gasteiger partial charge on any atom is 0.284 e. The standard InChI is InChI=1S/C12H14N4O/c1-8-5-4-6-10-15-12(17)9(7-13-2)11(14-3)16(8)10/h4-7,14H,1-3H3. The smallest absolute Gasteiger partial charge is 0.284 e. The molecule has 0 saturated heterocycles. The number of anilines is 1. The van der Waals surface area contributed by atoms with E-state index in [1.165, 1.54) is 6.21 Å². The number of nitrogens with zero attached hydrogens (tertiary/aromatic N) is 3. The molecule has 0 amide bonds. The van der Waals surface area contributed by atoms with Gasteiger partial charge in [-0.25, -0.2) is 0 Å².